The molecule has 1 aliphatic carbocycles. The molecule has 0 aliphatic heterocycles. The molecule has 4 nitrogen and oxygen atoms in total. The van der Waals surface area contributed by atoms with E-state index in [4.69, 9.17) is 9.47 Å². The molecule has 250 valence electrons. The van der Waals surface area contributed by atoms with Crippen molar-refractivity contribution in [2.75, 3.05) is 26.4 Å². The van der Waals surface area contributed by atoms with E-state index in [9.17, 15) is 10.2 Å². The third-order valence-electron chi connectivity index (χ3n) is 10.0. The van der Waals surface area contributed by atoms with Crippen LogP contribution in [0.25, 0.3) is 53.6 Å². The lowest BCUT2D eigenvalue weighted by atomic mass is 9.64. The number of rotatable bonds is 10. The molecule has 2 heterocycles. The number of fused-ring (bicyclic) bond motifs is 5. The number of aliphatic hydroxyl groups is 2. The quantitative estimate of drug-likeness (QED) is 0.149. The zero-order valence-corrected chi connectivity index (χ0v) is 29.3. The normalized spacial score (nSPS) is 13.0. The number of aliphatic hydroxyl groups excluding tert-OH is 2. The molecule has 1 aliphatic rings. The van der Waals surface area contributed by atoms with Gasteiger partial charge in [0.05, 0.1) is 18.6 Å². The molecule has 0 saturated carbocycles. The summed E-state index contributed by atoms with van der Waals surface area (Å²) in [5.74, 6) is 1.42. The number of ether oxygens (including phenoxy) is 2. The molecular weight excluding hydrogens is 669 g/mol. The number of hydrogen-bond acceptors (Lipinski definition) is 6. The second-order valence-electron chi connectivity index (χ2n) is 12.7. The van der Waals surface area contributed by atoms with Crippen molar-refractivity contribution in [1.29, 1.82) is 0 Å². The molecule has 0 spiro atoms. The molecule has 6 heteroatoms. The lowest BCUT2D eigenvalue weighted by Crippen LogP contribution is -2.30. The van der Waals surface area contributed by atoms with E-state index in [1.807, 2.05) is 24.3 Å². The fourth-order valence-electron chi connectivity index (χ4n) is 7.98. The predicted octanol–water partition coefficient (Wildman–Crippen LogP) is 10.6. The first-order valence-corrected chi connectivity index (χ1v) is 18.9. The van der Waals surface area contributed by atoms with E-state index in [1.165, 1.54) is 64.7 Å². The van der Waals surface area contributed by atoms with Gasteiger partial charge in [0.25, 0.3) is 0 Å². The van der Waals surface area contributed by atoms with Crippen LogP contribution in [0, 0.1) is 0 Å². The predicted molar refractivity (Wildman–Crippen MR) is 211 cm³/mol. The van der Waals surface area contributed by atoms with E-state index in [-0.39, 0.29) is 26.4 Å². The van der Waals surface area contributed by atoms with E-state index in [0.29, 0.717) is 11.5 Å². The maximum atomic E-state index is 9.48. The molecule has 0 fully saturated rings. The second-order valence-corrected chi connectivity index (χ2v) is 14.5. The summed E-state index contributed by atoms with van der Waals surface area (Å²) in [5, 5.41) is 26.1. The highest BCUT2D eigenvalue weighted by molar-refractivity contribution is 7.18. The molecule has 9 rings (SSSR count). The Morgan fingerprint density at radius 2 is 0.824 bits per heavy atom. The molecule has 0 amide bonds. The first kappa shape index (κ1) is 31.7. The fourth-order valence-corrected chi connectivity index (χ4v) is 9.90. The topological polar surface area (TPSA) is 58.9 Å². The van der Waals surface area contributed by atoms with Gasteiger partial charge in [-0.05, 0) is 91.7 Å². The molecule has 8 aromatic rings. The Bertz CT molecular complexity index is 2330. The second kappa shape index (κ2) is 13.1. The highest BCUT2D eigenvalue weighted by Crippen LogP contribution is 2.62. The summed E-state index contributed by atoms with van der Waals surface area (Å²) in [6.07, 6.45) is 0. The summed E-state index contributed by atoms with van der Waals surface area (Å²) < 4.78 is 14.3. The average molecular weight is 703 g/mol. The van der Waals surface area contributed by atoms with E-state index in [2.05, 4.69) is 120 Å². The molecule has 0 bridgehead atoms. The first-order chi connectivity index (χ1) is 25.2. The van der Waals surface area contributed by atoms with Crippen LogP contribution < -0.4 is 9.47 Å². The molecule has 51 heavy (non-hydrogen) atoms. The average Bonchev–Trinajstić information content (AvgIpc) is 3.90. The maximum absolute atomic E-state index is 9.48. The largest absolute Gasteiger partial charge is 0.491 e. The van der Waals surface area contributed by atoms with Crippen molar-refractivity contribution >= 4 is 42.8 Å². The maximum Gasteiger partial charge on any atom is 0.119 e. The van der Waals surface area contributed by atoms with Crippen LogP contribution in [-0.2, 0) is 5.41 Å². The lowest BCUT2D eigenvalue weighted by molar-refractivity contribution is 0.201. The zero-order valence-electron chi connectivity index (χ0n) is 27.7. The summed E-state index contributed by atoms with van der Waals surface area (Å²) in [5.41, 5.74) is 11.2. The molecule has 0 saturated heterocycles. The third kappa shape index (κ3) is 5.09. The molecule has 6 aromatic carbocycles. The van der Waals surface area contributed by atoms with E-state index in [0.717, 1.165) is 11.1 Å². The Balaban J connectivity index is 1.41. The van der Waals surface area contributed by atoms with Crippen molar-refractivity contribution in [1.82, 2.24) is 0 Å². The van der Waals surface area contributed by atoms with Gasteiger partial charge in [-0.25, -0.2) is 0 Å². The monoisotopic (exact) mass is 702 g/mol. The summed E-state index contributed by atoms with van der Waals surface area (Å²) in [6, 6.07) is 47.7. The minimum atomic E-state index is -0.741. The van der Waals surface area contributed by atoms with Gasteiger partial charge in [-0.3, -0.25) is 0 Å². The third-order valence-corrected chi connectivity index (χ3v) is 11.9. The number of benzene rings is 6. The van der Waals surface area contributed by atoms with Crippen LogP contribution in [0.15, 0.2) is 144 Å². The van der Waals surface area contributed by atoms with Crippen molar-refractivity contribution < 1.29 is 19.7 Å². The van der Waals surface area contributed by atoms with Crippen molar-refractivity contribution in [3.05, 3.63) is 166 Å². The molecule has 0 unspecified atom stereocenters. The van der Waals surface area contributed by atoms with Crippen molar-refractivity contribution in [3.63, 3.8) is 0 Å². The summed E-state index contributed by atoms with van der Waals surface area (Å²) in [6.45, 7) is 0.368. The SMILES string of the molecule is OCCOc1ccc(C2(c3ccc(OCCO)cc3)c3c(cccc3-c3csc4ccccc34)-c3cccc(-c4csc5ccccc45)c32)cc1. The Kier molecular flexibility index (Phi) is 8.17. The molecule has 2 aromatic heterocycles. The van der Waals surface area contributed by atoms with Gasteiger partial charge in [-0.1, -0.05) is 97.1 Å². The van der Waals surface area contributed by atoms with Crippen molar-refractivity contribution in [2.24, 2.45) is 0 Å². The van der Waals surface area contributed by atoms with Crippen LogP contribution in [0.3, 0.4) is 0 Å². The Morgan fingerprint density at radius 3 is 1.24 bits per heavy atom. The smallest absolute Gasteiger partial charge is 0.119 e. The Labute approximate surface area is 304 Å². The summed E-state index contributed by atoms with van der Waals surface area (Å²) >= 11 is 3.56. The van der Waals surface area contributed by atoms with Gasteiger partial charge in [-0.2, -0.15) is 0 Å². The summed E-state index contributed by atoms with van der Waals surface area (Å²) in [4.78, 5) is 0. The zero-order chi connectivity index (χ0) is 34.4. The van der Waals surface area contributed by atoms with Crippen molar-refractivity contribution in [2.45, 2.75) is 5.41 Å². The van der Waals surface area contributed by atoms with Gasteiger partial charge < -0.3 is 19.7 Å². The lowest BCUT2D eigenvalue weighted by Gasteiger charge is -2.36. The molecule has 2 N–H and O–H groups in total. The Hall–Kier alpha value is -5.24. The van der Waals surface area contributed by atoms with E-state index < -0.39 is 5.41 Å². The van der Waals surface area contributed by atoms with Crippen molar-refractivity contribution in [3.8, 4) is 44.9 Å². The van der Waals surface area contributed by atoms with Crippen LogP contribution in [0.4, 0.5) is 0 Å². The number of thiophene rings is 2. The van der Waals surface area contributed by atoms with Crippen LogP contribution in [0.2, 0.25) is 0 Å². The van der Waals surface area contributed by atoms with Gasteiger partial charge in [-0.15, -0.1) is 22.7 Å². The van der Waals surface area contributed by atoms with Gasteiger partial charge in [0, 0.05) is 31.3 Å². The van der Waals surface area contributed by atoms with Crippen LogP contribution in [0.5, 0.6) is 11.5 Å². The fraction of sp³-hybridized carbons (Fsp3) is 0.111. The highest BCUT2D eigenvalue weighted by Gasteiger charge is 2.49. The Morgan fingerprint density at radius 1 is 0.431 bits per heavy atom. The molecular formula is C45H34O4S2. The van der Waals surface area contributed by atoms with Crippen LogP contribution >= 0.6 is 22.7 Å². The minimum Gasteiger partial charge on any atom is -0.491 e. The highest BCUT2D eigenvalue weighted by atomic mass is 32.1. The van der Waals surface area contributed by atoms with Gasteiger partial charge in [0.15, 0.2) is 0 Å². The first-order valence-electron chi connectivity index (χ1n) is 17.1. The van der Waals surface area contributed by atoms with Gasteiger partial charge >= 0.3 is 0 Å². The molecule has 0 radical (unpaired) electrons. The minimum absolute atomic E-state index is 0.0486. The van der Waals surface area contributed by atoms with E-state index >= 15 is 0 Å². The molecule has 0 atom stereocenters. The van der Waals surface area contributed by atoms with Gasteiger partial charge in [0.1, 0.15) is 24.7 Å². The number of hydrogen-bond donors (Lipinski definition) is 2. The van der Waals surface area contributed by atoms with Crippen LogP contribution in [-0.4, -0.2) is 36.6 Å². The van der Waals surface area contributed by atoms with E-state index in [1.54, 1.807) is 22.7 Å². The summed E-state index contributed by atoms with van der Waals surface area (Å²) in [7, 11) is 0. The van der Waals surface area contributed by atoms with Crippen LogP contribution in [0.1, 0.15) is 22.3 Å². The van der Waals surface area contributed by atoms with Gasteiger partial charge in [0.2, 0.25) is 0 Å². The standard InChI is InChI=1S/C45H34O4S2/c46-23-25-48-31-19-15-29(16-20-31)45(30-17-21-32(22-18-30)49-26-24-47)43-35(9-5-11-37(43)39-27-50-41-13-3-1-7-33(39)41)36-10-6-12-38(44(36)45)40-28-51-42-14-4-2-8-34(40)42/h1-22,27-28,46-47H,23-26H2.